The molecule has 0 aromatic carbocycles. The van der Waals surface area contributed by atoms with Crippen molar-refractivity contribution < 1.29 is 9.53 Å². The second-order valence-corrected chi connectivity index (χ2v) is 5.32. The second kappa shape index (κ2) is 4.96. The lowest BCUT2D eigenvalue weighted by Gasteiger charge is -2.36. The fraction of sp³-hybridized carbons (Fsp3) is 0.538. The lowest BCUT2D eigenvalue weighted by molar-refractivity contribution is -0.142. The van der Waals surface area contributed by atoms with Crippen molar-refractivity contribution >= 4 is 17.4 Å². The highest BCUT2D eigenvalue weighted by atomic mass is 16.5. The van der Waals surface area contributed by atoms with E-state index in [1.54, 1.807) is 10.8 Å². The van der Waals surface area contributed by atoms with Crippen molar-refractivity contribution in [3.63, 3.8) is 0 Å². The van der Waals surface area contributed by atoms with Crippen LogP contribution in [0.5, 0.6) is 0 Å². The molecule has 0 radical (unpaired) electrons. The van der Waals surface area contributed by atoms with Gasteiger partial charge in [0.1, 0.15) is 18.2 Å². The molecule has 0 saturated carbocycles. The minimum absolute atomic E-state index is 0.0551. The molecule has 2 aliphatic rings. The number of fused-ring (bicyclic) bond motifs is 1. The van der Waals surface area contributed by atoms with Gasteiger partial charge in [-0.15, -0.1) is 15.3 Å². The number of aromatic nitrogens is 4. The Balaban J connectivity index is 1.45. The van der Waals surface area contributed by atoms with Crippen molar-refractivity contribution in [2.45, 2.75) is 12.5 Å². The molecule has 8 nitrogen and oxygen atoms in total. The molecule has 4 heterocycles. The van der Waals surface area contributed by atoms with Crippen LogP contribution in [-0.2, 0) is 9.53 Å². The van der Waals surface area contributed by atoms with Gasteiger partial charge in [-0.3, -0.25) is 9.69 Å². The van der Waals surface area contributed by atoms with E-state index in [0.29, 0.717) is 6.61 Å². The Morgan fingerprint density at radius 1 is 1.19 bits per heavy atom. The number of carbonyl (C=O) groups excluding carboxylic acids is 1. The highest BCUT2D eigenvalue weighted by Crippen LogP contribution is 2.19. The Morgan fingerprint density at radius 2 is 2.05 bits per heavy atom. The summed E-state index contributed by atoms with van der Waals surface area (Å²) in [5.41, 5.74) is 0.742. The molecular formula is C13H16N6O2. The molecule has 2 saturated heterocycles. The summed E-state index contributed by atoms with van der Waals surface area (Å²) in [6.45, 7) is 3.95. The van der Waals surface area contributed by atoms with Gasteiger partial charge in [-0.2, -0.15) is 4.52 Å². The van der Waals surface area contributed by atoms with E-state index < -0.39 is 0 Å². The first-order valence-electron chi connectivity index (χ1n) is 7.14. The van der Waals surface area contributed by atoms with E-state index in [2.05, 4.69) is 25.1 Å². The Labute approximate surface area is 121 Å². The van der Waals surface area contributed by atoms with Crippen LogP contribution in [0.15, 0.2) is 18.5 Å². The molecule has 4 rings (SSSR count). The smallest absolute Gasteiger partial charge is 0.323 e. The number of hydrogen-bond donors (Lipinski definition) is 0. The quantitative estimate of drug-likeness (QED) is 0.693. The van der Waals surface area contributed by atoms with Crippen LogP contribution in [-0.4, -0.2) is 69.5 Å². The molecule has 110 valence electrons. The number of cyclic esters (lactones) is 1. The highest BCUT2D eigenvalue weighted by Gasteiger charge is 2.34. The van der Waals surface area contributed by atoms with Crippen molar-refractivity contribution in [2.24, 2.45) is 0 Å². The fourth-order valence-corrected chi connectivity index (χ4v) is 2.97. The number of nitrogens with zero attached hydrogens (tertiary/aromatic N) is 6. The Hall–Kier alpha value is -2.22. The largest absolute Gasteiger partial charge is 0.464 e. The number of piperazine rings is 1. The third-order valence-electron chi connectivity index (χ3n) is 4.13. The summed E-state index contributed by atoms with van der Waals surface area (Å²) >= 11 is 0. The van der Waals surface area contributed by atoms with Crippen LogP contribution in [0, 0.1) is 0 Å². The summed E-state index contributed by atoms with van der Waals surface area (Å²) in [4.78, 5) is 16.1. The van der Waals surface area contributed by atoms with Crippen LogP contribution in [0.25, 0.3) is 5.65 Å². The van der Waals surface area contributed by atoms with Gasteiger partial charge >= 0.3 is 5.97 Å². The Bertz CT molecular complexity index is 663. The molecule has 0 unspecified atom stereocenters. The standard InChI is InChI=1S/C13H16N6O2/c20-13-10(3-8-21-13)17-4-6-18(7-5-17)12-2-1-11-15-14-9-19(11)16-12/h1-2,9-10H,3-8H2/t10-/m0/s1. The summed E-state index contributed by atoms with van der Waals surface area (Å²) in [7, 11) is 0. The summed E-state index contributed by atoms with van der Waals surface area (Å²) < 4.78 is 6.72. The fourth-order valence-electron chi connectivity index (χ4n) is 2.97. The van der Waals surface area contributed by atoms with Gasteiger partial charge in [0, 0.05) is 32.6 Å². The van der Waals surface area contributed by atoms with Crippen molar-refractivity contribution in [3.8, 4) is 0 Å². The zero-order valence-electron chi connectivity index (χ0n) is 11.6. The lowest BCUT2D eigenvalue weighted by Crippen LogP contribution is -2.51. The number of rotatable bonds is 2. The van der Waals surface area contributed by atoms with E-state index in [1.165, 1.54) is 0 Å². The van der Waals surface area contributed by atoms with Gasteiger partial charge in [0.15, 0.2) is 5.65 Å². The van der Waals surface area contributed by atoms with E-state index in [1.807, 2.05) is 12.1 Å². The third kappa shape index (κ3) is 2.21. The van der Waals surface area contributed by atoms with Gasteiger partial charge in [0.25, 0.3) is 0 Å². The van der Waals surface area contributed by atoms with Crippen LogP contribution in [0.3, 0.4) is 0 Å². The highest BCUT2D eigenvalue weighted by molar-refractivity contribution is 5.77. The second-order valence-electron chi connectivity index (χ2n) is 5.32. The molecule has 21 heavy (non-hydrogen) atoms. The average Bonchev–Trinajstić information content (AvgIpc) is 3.15. The topological polar surface area (TPSA) is 75.9 Å². The van der Waals surface area contributed by atoms with Gasteiger partial charge in [0.2, 0.25) is 0 Å². The number of ether oxygens (including phenoxy) is 1. The summed E-state index contributed by atoms with van der Waals surface area (Å²) in [6.07, 6.45) is 2.41. The van der Waals surface area contributed by atoms with Gasteiger partial charge in [-0.1, -0.05) is 0 Å². The zero-order valence-corrected chi connectivity index (χ0v) is 11.6. The maximum atomic E-state index is 11.6. The molecule has 2 fully saturated rings. The maximum Gasteiger partial charge on any atom is 0.323 e. The Kier molecular flexibility index (Phi) is 2.95. The maximum absolute atomic E-state index is 11.6. The van der Waals surface area contributed by atoms with Crippen molar-refractivity contribution in [2.75, 3.05) is 37.7 Å². The molecular weight excluding hydrogens is 272 g/mol. The summed E-state index contributed by atoms with van der Waals surface area (Å²) in [5.74, 6) is 0.837. The predicted octanol–water partition coefficient (Wildman–Crippen LogP) is -0.438. The third-order valence-corrected chi connectivity index (χ3v) is 4.13. The van der Waals surface area contributed by atoms with E-state index in [4.69, 9.17) is 4.74 Å². The normalized spacial score (nSPS) is 23.7. The van der Waals surface area contributed by atoms with Crippen LogP contribution in [0.1, 0.15) is 6.42 Å². The van der Waals surface area contributed by atoms with E-state index in [9.17, 15) is 4.79 Å². The van der Waals surface area contributed by atoms with Crippen LogP contribution in [0.4, 0.5) is 5.82 Å². The molecule has 0 N–H and O–H groups in total. The monoisotopic (exact) mass is 288 g/mol. The predicted molar refractivity (Wildman–Crippen MR) is 73.9 cm³/mol. The van der Waals surface area contributed by atoms with Crippen molar-refractivity contribution in [1.29, 1.82) is 0 Å². The van der Waals surface area contributed by atoms with E-state index in [-0.39, 0.29) is 12.0 Å². The summed E-state index contributed by atoms with van der Waals surface area (Å²) in [6, 6.07) is 3.82. The van der Waals surface area contributed by atoms with E-state index >= 15 is 0 Å². The van der Waals surface area contributed by atoms with Gasteiger partial charge < -0.3 is 9.64 Å². The van der Waals surface area contributed by atoms with Crippen molar-refractivity contribution in [3.05, 3.63) is 18.5 Å². The molecule has 0 amide bonds. The minimum Gasteiger partial charge on any atom is -0.464 e. The number of esters is 1. The van der Waals surface area contributed by atoms with Gasteiger partial charge in [-0.05, 0) is 12.1 Å². The average molecular weight is 288 g/mol. The first-order chi connectivity index (χ1) is 10.3. The molecule has 2 aromatic heterocycles. The Morgan fingerprint density at radius 3 is 2.81 bits per heavy atom. The SMILES string of the molecule is O=C1OCC[C@@H]1N1CCN(c2ccc3nncn3n2)CC1. The zero-order chi connectivity index (χ0) is 14.2. The van der Waals surface area contributed by atoms with Crippen LogP contribution in [0.2, 0.25) is 0 Å². The first-order valence-corrected chi connectivity index (χ1v) is 7.14. The molecule has 0 aliphatic carbocycles. The molecule has 2 aliphatic heterocycles. The molecule has 0 spiro atoms. The summed E-state index contributed by atoms with van der Waals surface area (Å²) in [5, 5.41) is 12.3. The van der Waals surface area contributed by atoms with Crippen LogP contribution >= 0.6 is 0 Å². The van der Waals surface area contributed by atoms with Gasteiger partial charge in [-0.25, -0.2) is 0 Å². The molecule has 1 atom stereocenters. The molecule has 2 aromatic rings. The first kappa shape index (κ1) is 12.5. The number of carbonyl (C=O) groups is 1. The van der Waals surface area contributed by atoms with Crippen LogP contribution < -0.4 is 4.90 Å². The lowest BCUT2D eigenvalue weighted by atomic mass is 10.2. The van der Waals surface area contributed by atoms with Crippen molar-refractivity contribution in [1.82, 2.24) is 24.7 Å². The minimum atomic E-state index is -0.0764. The molecule has 8 heteroatoms. The van der Waals surface area contributed by atoms with Gasteiger partial charge in [0.05, 0.1) is 6.61 Å². The number of hydrogen-bond acceptors (Lipinski definition) is 7. The van der Waals surface area contributed by atoms with E-state index in [0.717, 1.165) is 44.1 Å². The molecule has 0 bridgehead atoms. The number of anilines is 1.